The Balaban J connectivity index is 2.17. The molecule has 0 aliphatic rings. The van der Waals surface area contributed by atoms with E-state index in [-0.39, 0.29) is 17.7 Å². The highest BCUT2D eigenvalue weighted by molar-refractivity contribution is 7.88. The van der Waals surface area contributed by atoms with Crippen LogP contribution in [-0.4, -0.2) is 8.42 Å². The summed E-state index contributed by atoms with van der Waals surface area (Å²) in [5.41, 5.74) is 1.78. The maximum atomic E-state index is 12.4. The zero-order chi connectivity index (χ0) is 15.3. The fraction of sp³-hybridized carbons (Fsp3) is 0.294. The fourth-order valence-corrected chi connectivity index (χ4v) is 3.79. The summed E-state index contributed by atoms with van der Waals surface area (Å²) in [5, 5.41) is 0. The Kier molecular flexibility index (Phi) is 5.15. The monoisotopic (exact) mass is 303 g/mol. The van der Waals surface area contributed by atoms with Crippen LogP contribution in [0.5, 0.6) is 0 Å². The van der Waals surface area contributed by atoms with Crippen molar-refractivity contribution >= 4 is 10.0 Å². The first-order valence-corrected chi connectivity index (χ1v) is 8.72. The molecule has 0 spiro atoms. The minimum Gasteiger partial charge on any atom is -0.212 e. The highest BCUT2D eigenvalue weighted by Crippen LogP contribution is 2.23. The first kappa shape index (κ1) is 15.7. The molecule has 0 aliphatic carbocycles. The lowest BCUT2D eigenvalue weighted by Crippen LogP contribution is -2.32. The summed E-state index contributed by atoms with van der Waals surface area (Å²) in [7, 11) is -3.38. The standard InChI is InChI=1S/C17H21NO2S/c1-14(2)17(16-11-7-4-8-12-16)18-21(19,20)13-15-9-5-3-6-10-15/h3-12,14,17-18H,13H2,1-2H3/t17-/m0/s1. The third-order valence-electron chi connectivity index (χ3n) is 3.33. The molecule has 2 rings (SSSR count). The molecule has 3 nitrogen and oxygen atoms in total. The van der Waals surface area contributed by atoms with Crippen molar-refractivity contribution in [2.24, 2.45) is 5.92 Å². The lowest BCUT2D eigenvalue weighted by atomic mass is 9.97. The van der Waals surface area contributed by atoms with Crippen molar-refractivity contribution in [1.82, 2.24) is 4.72 Å². The van der Waals surface area contributed by atoms with Gasteiger partial charge in [0, 0.05) is 6.04 Å². The van der Waals surface area contributed by atoms with Gasteiger partial charge < -0.3 is 0 Å². The maximum absolute atomic E-state index is 12.4. The molecule has 0 bridgehead atoms. The number of sulfonamides is 1. The molecule has 0 fully saturated rings. The van der Waals surface area contributed by atoms with Gasteiger partial charge in [-0.15, -0.1) is 0 Å². The summed E-state index contributed by atoms with van der Waals surface area (Å²) in [4.78, 5) is 0. The molecule has 112 valence electrons. The quantitative estimate of drug-likeness (QED) is 0.887. The number of benzene rings is 2. The lowest BCUT2D eigenvalue weighted by molar-refractivity contribution is 0.462. The van der Waals surface area contributed by atoms with E-state index in [9.17, 15) is 8.42 Å². The van der Waals surface area contributed by atoms with Gasteiger partial charge in [-0.1, -0.05) is 74.5 Å². The first-order valence-electron chi connectivity index (χ1n) is 7.07. The van der Waals surface area contributed by atoms with Crippen molar-refractivity contribution in [2.75, 3.05) is 0 Å². The molecule has 0 aromatic heterocycles. The predicted molar refractivity (Wildman–Crippen MR) is 86.2 cm³/mol. The smallest absolute Gasteiger partial charge is 0.212 e. The van der Waals surface area contributed by atoms with Crippen LogP contribution in [0.25, 0.3) is 0 Å². The zero-order valence-corrected chi connectivity index (χ0v) is 13.2. The van der Waals surface area contributed by atoms with E-state index in [0.717, 1.165) is 11.1 Å². The summed E-state index contributed by atoms with van der Waals surface area (Å²) in [6.07, 6.45) is 0. The first-order chi connectivity index (χ1) is 9.98. The summed E-state index contributed by atoms with van der Waals surface area (Å²) >= 11 is 0. The molecular weight excluding hydrogens is 282 g/mol. The van der Waals surface area contributed by atoms with E-state index in [1.54, 1.807) is 0 Å². The summed E-state index contributed by atoms with van der Waals surface area (Å²) in [6, 6.07) is 18.7. The Labute approximate surface area is 127 Å². The third kappa shape index (κ3) is 4.69. The second-order valence-electron chi connectivity index (χ2n) is 5.49. The van der Waals surface area contributed by atoms with Crippen LogP contribution in [0.15, 0.2) is 60.7 Å². The Morgan fingerprint density at radius 3 is 1.95 bits per heavy atom. The molecule has 1 atom stereocenters. The van der Waals surface area contributed by atoms with E-state index in [0.29, 0.717) is 0 Å². The van der Waals surface area contributed by atoms with Crippen LogP contribution in [-0.2, 0) is 15.8 Å². The zero-order valence-electron chi connectivity index (χ0n) is 12.4. The fourth-order valence-electron chi connectivity index (χ4n) is 2.28. The minimum absolute atomic E-state index is 0.00386. The second-order valence-corrected chi connectivity index (χ2v) is 7.25. The molecular formula is C17H21NO2S. The predicted octanol–water partition coefficient (Wildman–Crippen LogP) is 3.50. The molecule has 2 aromatic rings. The van der Waals surface area contributed by atoms with Gasteiger partial charge in [0.1, 0.15) is 0 Å². The SMILES string of the molecule is CC(C)[C@H](NS(=O)(=O)Cc1ccccc1)c1ccccc1. The second kappa shape index (κ2) is 6.87. The van der Waals surface area contributed by atoms with Crippen LogP contribution in [0, 0.1) is 5.92 Å². The molecule has 0 amide bonds. The third-order valence-corrected chi connectivity index (χ3v) is 4.66. The van der Waals surface area contributed by atoms with E-state index < -0.39 is 10.0 Å². The number of hydrogen-bond acceptors (Lipinski definition) is 2. The minimum atomic E-state index is -3.38. The van der Waals surface area contributed by atoms with Crippen LogP contribution >= 0.6 is 0 Å². The molecule has 21 heavy (non-hydrogen) atoms. The van der Waals surface area contributed by atoms with Crippen LogP contribution < -0.4 is 4.72 Å². The molecule has 4 heteroatoms. The Bertz CT molecular complexity index is 652. The summed E-state index contributed by atoms with van der Waals surface area (Å²) in [6.45, 7) is 4.03. The molecule has 0 unspecified atom stereocenters. The van der Waals surface area contributed by atoms with Gasteiger partial charge in [-0.3, -0.25) is 0 Å². The summed E-state index contributed by atoms with van der Waals surface area (Å²) < 4.78 is 27.6. The van der Waals surface area contributed by atoms with Gasteiger partial charge in [0.25, 0.3) is 0 Å². The molecule has 2 aromatic carbocycles. The van der Waals surface area contributed by atoms with E-state index in [1.807, 2.05) is 74.5 Å². The van der Waals surface area contributed by atoms with Gasteiger partial charge in [0.15, 0.2) is 0 Å². The van der Waals surface area contributed by atoms with Gasteiger partial charge >= 0.3 is 0 Å². The van der Waals surface area contributed by atoms with Crippen molar-refractivity contribution in [3.05, 3.63) is 71.8 Å². The van der Waals surface area contributed by atoms with Gasteiger partial charge in [0.05, 0.1) is 5.75 Å². The van der Waals surface area contributed by atoms with Crippen LogP contribution in [0.4, 0.5) is 0 Å². The van der Waals surface area contributed by atoms with E-state index in [2.05, 4.69) is 4.72 Å². The molecule has 1 N–H and O–H groups in total. The highest BCUT2D eigenvalue weighted by Gasteiger charge is 2.22. The normalized spacial score (nSPS) is 13.3. The van der Waals surface area contributed by atoms with Crippen molar-refractivity contribution in [1.29, 1.82) is 0 Å². The average molecular weight is 303 g/mol. The van der Waals surface area contributed by atoms with Crippen molar-refractivity contribution < 1.29 is 8.42 Å². The lowest BCUT2D eigenvalue weighted by Gasteiger charge is -2.22. The van der Waals surface area contributed by atoms with E-state index in [4.69, 9.17) is 0 Å². The molecule has 0 aliphatic heterocycles. The van der Waals surface area contributed by atoms with Crippen molar-refractivity contribution in [3.8, 4) is 0 Å². The molecule has 0 heterocycles. The highest BCUT2D eigenvalue weighted by atomic mass is 32.2. The molecule has 0 saturated heterocycles. The van der Waals surface area contributed by atoms with Crippen LogP contribution in [0.3, 0.4) is 0 Å². The van der Waals surface area contributed by atoms with E-state index >= 15 is 0 Å². The van der Waals surface area contributed by atoms with Gasteiger partial charge in [0.2, 0.25) is 10.0 Å². The Hall–Kier alpha value is -1.65. The van der Waals surface area contributed by atoms with Crippen molar-refractivity contribution in [2.45, 2.75) is 25.6 Å². The Morgan fingerprint density at radius 2 is 1.43 bits per heavy atom. The number of hydrogen-bond donors (Lipinski definition) is 1. The van der Waals surface area contributed by atoms with Gasteiger partial charge in [-0.05, 0) is 17.0 Å². The molecule has 0 radical (unpaired) electrons. The summed E-state index contributed by atoms with van der Waals surface area (Å²) in [5.74, 6) is 0.183. The van der Waals surface area contributed by atoms with Gasteiger partial charge in [-0.25, -0.2) is 13.1 Å². The number of rotatable bonds is 6. The molecule has 0 saturated carbocycles. The average Bonchev–Trinajstić information content (AvgIpc) is 2.46. The largest absolute Gasteiger partial charge is 0.216 e. The number of nitrogens with one attached hydrogen (secondary N) is 1. The van der Waals surface area contributed by atoms with Gasteiger partial charge in [-0.2, -0.15) is 0 Å². The van der Waals surface area contributed by atoms with E-state index in [1.165, 1.54) is 0 Å². The maximum Gasteiger partial charge on any atom is 0.216 e. The van der Waals surface area contributed by atoms with Crippen molar-refractivity contribution in [3.63, 3.8) is 0 Å². The van der Waals surface area contributed by atoms with Crippen LogP contribution in [0.2, 0.25) is 0 Å². The topological polar surface area (TPSA) is 46.2 Å². The van der Waals surface area contributed by atoms with Crippen LogP contribution in [0.1, 0.15) is 31.0 Å². The Morgan fingerprint density at radius 1 is 0.905 bits per heavy atom.